The van der Waals surface area contributed by atoms with Crippen molar-refractivity contribution in [3.63, 3.8) is 0 Å². The van der Waals surface area contributed by atoms with Gasteiger partial charge in [0.05, 0.1) is 0 Å². The van der Waals surface area contributed by atoms with Crippen molar-refractivity contribution in [1.29, 1.82) is 0 Å². The zero-order valence-corrected chi connectivity index (χ0v) is 9.66. The normalized spacial score (nSPS) is 19.4. The number of aromatic hydroxyl groups is 1. The maximum atomic E-state index is 9.15. The van der Waals surface area contributed by atoms with Gasteiger partial charge in [0.1, 0.15) is 5.75 Å². The third kappa shape index (κ3) is 3.80. The van der Waals surface area contributed by atoms with Crippen LogP contribution in [0.3, 0.4) is 0 Å². The second-order valence-electron chi connectivity index (χ2n) is 4.05. The van der Waals surface area contributed by atoms with Gasteiger partial charge >= 0.3 is 0 Å². The van der Waals surface area contributed by atoms with Gasteiger partial charge in [-0.05, 0) is 30.0 Å². The van der Waals surface area contributed by atoms with Gasteiger partial charge in [0.25, 0.3) is 0 Å². The quantitative estimate of drug-likeness (QED) is 0.766. The van der Waals surface area contributed by atoms with E-state index >= 15 is 0 Å². The Kier molecular flexibility index (Phi) is 3.98. The van der Waals surface area contributed by atoms with Gasteiger partial charge in [-0.2, -0.15) is 0 Å². The topological polar surface area (TPSA) is 20.2 Å². The van der Waals surface area contributed by atoms with Gasteiger partial charge < -0.3 is 5.11 Å². The Labute approximate surface area is 102 Å². The van der Waals surface area contributed by atoms with Gasteiger partial charge in [-0.3, -0.25) is 0 Å². The van der Waals surface area contributed by atoms with E-state index in [2.05, 4.69) is 36.5 Å². The summed E-state index contributed by atoms with van der Waals surface area (Å²) in [6, 6.07) is 7.17. The van der Waals surface area contributed by atoms with Crippen molar-refractivity contribution in [3.05, 3.63) is 72.4 Å². The standard InChI is InChI=1S/C16H16O/c17-16-12-10-15(11-13-16)9-5-4-8-14-6-2-1-3-7-14/h1-6,8-14,17H,7H2/b8-4+,9-5+. The second kappa shape index (κ2) is 5.90. The Morgan fingerprint density at radius 1 is 1.06 bits per heavy atom. The molecule has 17 heavy (non-hydrogen) atoms. The smallest absolute Gasteiger partial charge is 0.115 e. The van der Waals surface area contributed by atoms with Crippen molar-refractivity contribution in [2.75, 3.05) is 0 Å². The lowest BCUT2D eigenvalue weighted by Crippen LogP contribution is -1.91. The SMILES string of the molecule is Oc1ccc(/C=C/C=C/C2C=CC=CC2)cc1. The highest BCUT2D eigenvalue weighted by atomic mass is 16.3. The molecule has 0 aliphatic heterocycles. The van der Waals surface area contributed by atoms with E-state index in [4.69, 9.17) is 5.11 Å². The summed E-state index contributed by atoms with van der Waals surface area (Å²) in [6.45, 7) is 0. The number of allylic oxidation sites excluding steroid dienone is 7. The van der Waals surface area contributed by atoms with E-state index in [1.165, 1.54) is 0 Å². The van der Waals surface area contributed by atoms with Crippen LogP contribution in [0.2, 0.25) is 0 Å². The summed E-state index contributed by atoms with van der Waals surface area (Å²) < 4.78 is 0. The van der Waals surface area contributed by atoms with Gasteiger partial charge in [-0.15, -0.1) is 0 Å². The fraction of sp³-hybridized carbons (Fsp3) is 0.125. The first-order valence-electron chi connectivity index (χ1n) is 5.82. The lowest BCUT2D eigenvalue weighted by molar-refractivity contribution is 0.475. The van der Waals surface area contributed by atoms with Crippen molar-refractivity contribution >= 4 is 6.08 Å². The molecule has 0 amide bonds. The monoisotopic (exact) mass is 224 g/mol. The summed E-state index contributed by atoms with van der Waals surface area (Å²) in [5.74, 6) is 0.821. The van der Waals surface area contributed by atoms with Crippen LogP contribution in [0.25, 0.3) is 6.08 Å². The highest BCUT2D eigenvalue weighted by molar-refractivity contribution is 5.52. The number of rotatable bonds is 3. The Hall–Kier alpha value is -2.02. The van der Waals surface area contributed by atoms with Crippen molar-refractivity contribution in [3.8, 4) is 5.75 Å². The maximum Gasteiger partial charge on any atom is 0.115 e. The van der Waals surface area contributed by atoms with E-state index in [0.717, 1.165) is 12.0 Å². The molecular formula is C16H16O. The molecule has 1 atom stereocenters. The Morgan fingerprint density at radius 2 is 1.88 bits per heavy atom. The molecule has 1 aliphatic carbocycles. The molecule has 1 heteroatoms. The summed E-state index contributed by atoms with van der Waals surface area (Å²) >= 11 is 0. The molecule has 86 valence electrons. The van der Waals surface area contributed by atoms with Crippen molar-refractivity contribution in [2.24, 2.45) is 5.92 Å². The maximum absolute atomic E-state index is 9.15. The van der Waals surface area contributed by atoms with Crippen LogP contribution in [0.1, 0.15) is 12.0 Å². The van der Waals surface area contributed by atoms with Crippen molar-refractivity contribution in [1.82, 2.24) is 0 Å². The van der Waals surface area contributed by atoms with Crippen LogP contribution in [0, 0.1) is 5.92 Å². The molecule has 0 saturated carbocycles. The average Bonchev–Trinajstić information content (AvgIpc) is 2.38. The largest absolute Gasteiger partial charge is 0.508 e. The number of hydrogen-bond donors (Lipinski definition) is 1. The first kappa shape index (κ1) is 11.5. The first-order valence-corrected chi connectivity index (χ1v) is 5.82. The van der Waals surface area contributed by atoms with Crippen LogP contribution in [0.4, 0.5) is 0 Å². The number of hydrogen-bond acceptors (Lipinski definition) is 1. The molecule has 1 N–H and O–H groups in total. The average molecular weight is 224 g/mol. The van der Waals surface area contributed by atoms with Gasteiger partial charge in [-0.25, -0.2) is 0 Å². The summed E-state index contributed by atoms with van der Waals surface area (Å²) in [6.07, 6.45) is 17.9. The zero-order chi connectivity index (χ0) is 11.9. The first-order chi connectivity index (χ1) is 8.34. The summed E-state index contributed by atoms with van der Waals surface area (Å²) in [7, 11) is 0. The molecule has 2 rings (SSSR count). The molecule has 0 heterocycles. The summed E-state index contributed by atoms with van der Waals surface area (Å²) in [5, 5.41) is 9.15. The van der Waals surface area contributed by atoms with Gasteiger partial charge in [0, 0.05) is 0 Å². The lowest BCUT2D eigenvalue weighted by Gasteiger charge is -2.05. The molecule has 0 radical (unpaired) electrons. The Bertz CT molecular complexity index is 461. The van der Waals surface area contributed by atoms with Crippen LogP contribution in [0.15, 0.2) is 66.8 Å². The minimum absolute atomic E-state index is 0.303. The van der Waals surface area contributed by atoms with Crippen LogP contribution >= 0.6 is 0 Å². The Morgan fingerprint density at radius 3 is 2.59 bits per heavy atom. The van der Waals surface area contributed by atoms with E-state index in [0.29, 0.717) is 11.7 Å². The minimum atomic E-state index is 0.303. The third-order valence-corrected chi connectivity index (χ3v) is 2.66. The summed E-state index contributed by atoms with van der Waals surface area (Å²) in [4.78, 5) is 0. The second-order valence-corrected chi connectivity index (χ2v) is 4.05. The molecule has 1 nitrogen and oxygen atoms in total. The number of phenols is 1. The molecule has 1 aliphatic rings. The van der Waals surface area contributed by atoms with Crippen LogP contribution in [-0.4, -0.2) is 5.11 Å². The van der Waals surface area contributed by atoms with Gasteiger partial charge in [-0.1, -0.05) is 60.7 Å². The molecule has 0 aromatic heterocycles. The molecule has 0 fully saturated rings. The fourth-order valence-corrected chi connectivity index (χ4v) is 1.70. The molecular weight excluding hydrogens is 208 g/mol. The highest BCUT2D eigenvalue weighted by Gasteiger charge is 1.97. The highest BCUT2D eigenvalue weighted by Crippen LogP contribution is 2.13. The number of phenolic OH excluding ortho intramolecular Hbond substituents is 1. The molecule has 1 aromatic rings. The molecule has 1 unspecified atom stereocenters. The zero-order valence-electron chi connectivity index (χ0n) is 9.66. The Balaban J connectivity index is 1.89. The van der Waals surface area contributed by atoms with E-state index in [1.807, 2.05) is 24.3 Å². The van der Waals surface area contributed by atoms with Gasteiger partial charge in [0.2, 0.25) is 0 Å². The third-order valence-electron chi connectivity index (χ3n) is 2.66. The predicted molar refractivity (Wildman–Crippen MR) is 72.7 cm³/mol. The molecule has 0 bridgehead atoms. The predicted octanol–water partition coefficient (Wildman–Crippen LogP) is 4.09. The number of benzene rings is 1. The molecule has 1 aromatic carbocycles. The van der Waals surface area contributed by atoms with Crippen molar-refractivity contribution in [2.45, 2.75) is 6.42 Å². The van der Waals surface area contributed by atoms with Gasteiger partial charge in [0.15, 0.2) is 0 Å². The molecule has 0 saturated heterocycles. The van der Waals surface area contributed by atoms with E-state index in [1.54, 1.807) is 12.1 Å². The van der Waals surface area contributed by atoms with Crippen molar-refractivity contribution < 1.29 is 5.11 Å². The van der Waals surface area contributed by atoms with Crippen LogP contribution in [0.5, 0.6) is 5.75 Å². The van der Waals surface area contributed by atoms with E-state index in [9.17, 15) is 0 Å². The van der Waals surface area contributed by atoms with E-state index < -0.39 is 0 Å². The minimum Gasteiger partial charge on any atom is -0.508 e. The van der Waals surface area contributed by atoms with E-state index in [-0.39, 0.29) is 0 Å². The summed E-state index contributed by atoms with van der Waals surface area (Å²) in [5.41, 5.74) is 1.09. The van der Waals surface area contributed by atoms with Crippen LogP contribution in [-0.2, 0) is 0 Å². The lowest BCUT2D eigenvalue weighted by atomic mass is 10.0. The fourth-order valence-electron chi connectivity index (χ4n) is 1.70. The van der Waals surface area contributed by atoms with Crippen LogP contribution < -0.4 is 0 Å². The molecule has 0 spiro atoms.